The molecule has 0 bridgehead atoms. The number of aliphatic hydroxyl groups is 1. The first-order chi connectivity index (χ1) is 9.74. The zero-order valence-electron chi connectivity index (χ0n) is 11.5. The molecule has 0 unspecified atom stereocenters. The van der Waals surface area contributed by atoms with E-state index >= 15 is 0 Å². The molecular weight excluding hydrogens is 254 g/mol. The van der Waals surface area contributed by atoms with Gasteiger partial charge in [-0.25, -0.2) is 0 Å². The minimum absolute atomic E-state index is 0.0166. The second-order valence-electron chi connectivity index (χ2n) is 4.42. The fourth-order valence-corrected chi connectivity index (χ4v) is 1.74. The maximum atomic E-state index is 9.00. The second kappa shape index (κ2) is 6.82. The lowest BCUT2D eigenvalue weighted by atomic mass is 10.2. The molecule has 0 aromatic heterocycles. The molecule has 0 aliphatic heterocycles. The summed E-state index contributed by atoms with van der Waals surface area (Å²) in [5.74, 6) is 1.87. The standard InChI is InChI=1S/C16H19NO3/c1-2-10-19-14-4-3-5-15(16(14)17)20-13-8-6-12(11-18)7-9-13/h3-9,18H,2,10-11,17H2,1H3. The van der Waals surface area contributed by atoms with Crippen molar-refractivity contribution in [3.05, 3.63) is 48.0 Å². The third kappa shape index (κ3) is 3.42. The summed E-state index contributed by atoms with van der Waals surface area (Å²) in [6.45, 7) is 2.68. The monoisotopic (exact) mass is 273 g/mol. The summed E-state index contributed by atoms with van der Waals surface area (Å²) in [4.78, 5) is 0. The zero-order chi connectivity index (χ0) is 14.4. The SMILES string of the molecule is CCCOc1cccc(Oc2ccc(CO)cc2)c1N. The van der Waals surface area contributed by atoms with E-state index in [0.29, 0.717) is 29.5 Å². The van der Waals surface area contributed by atoms with E-state index in [1.807, 2.05) is 31.2 Å². The number of ether oxygens (including phenoxy) is 2. The molecule has 0 saturated heterocycles. The fraction of sp³-hybridized carbons (Fsp3) is 0.250. The Morgan fingerprint density at radius 1 is 1.05 bits per heavy atom. The van der Waals surface area contributed by atoms with Crippen LogP contribution in [0, 0.1) is 0 Å². The van der Waals surface area contributed by atoms with E-state index in [1.165, 1.54) is 0 Å². The van der Waals surface area contributed by atoms with Crippen molar-refractivity contribution in [3.8, 4) is 17.2 Å². The van der Waals surface area contributed by atoms with Crippen LogP contribution >= 0.6 is 0 Å². The molecule has 4 nitrogen and oxygen atoms in total. The molecule has 0 saturated carbocycles. The molecule has 0 aliphatic rings. The highest BCUT2D eigenvalue weighted by molar-refractivity contribution is 5.63. The number of anilines is 1. The third-order valence-corrected chi connectivity index (χ3v) is 2.82. The Morgan fingerprint density at radius 2 is 1.75 bits per heavy atom. The normalized spacial score (nSPS) is 10.3. The first-order valence-corrected chi connectivity index (χ1v) is 6.63. The second-order valence-corrected chi connectivity index (χ2v) is 4.42. The third-order valence-electron chi connectivity index (χ3n) is 2.82. The summed E-state index contributed by atoms with van der Waals surface area (Å²) < 4.78 is 11.3. The van der Waals surface area contributed by atoms with E-state index in [4.69, 9.17) is 20.3 Å². The summed E-state index contributed by atoms with van der Waals surface area (Å²) in [7, 11) is 0. The minimum Gasteiger partial charge on any atom is -0.491 e. The van der Waals surface area contributed by atoms with Crippen molar-refractivity contribution in [2.24, 2.45) is 0 Å². The quantitative estimate of drug-likeness (QED) is 0.792. The molecule has 4 heteroatoms. The Bertz CT molecular complexity index is 552. The fourth-order valence-electron chi connectivity index (χ4n) is 1.74. The molecule has 106 valence electrons. The lowest BCUT2D eigenvalue weighted by molar-refractivity contribution is 0.281. The number of nitrogens with two attached hydrogens (primary N) is 1. The van der Waals surface area contributed by atoms with Gasteiger partial charge in [0.05, 0.1) is 13.2 Å². The van der Waals surface area contributed by atoms with Crippen molar-refractivity contribution < 1.29 is 14.6 Å². The maximum Gasteiger partial charge on any atom is 0.154 e. The summed E-state index contributed by atoms with van der Waals surface area (Å²) in [6, 6.07) is 12.7. The first-order valence-electron chi connectivity index (χ1n) is 6.63. The Kier molecular flexibility index (Phi) is 4.85. The predicted molar refractivity (Wildman–Crippen MR) is 79.1 cm³/mol. The van der Waals surface area contributed by atoms with Crippen LogP contribution in [0.15, 0.2) is 42.5 Å². The van der Waals surface area contributed by atoms with Crippen LogP contribution in [0.1, 0.15) is 18.9 Å². The van der Waals surface area contributed by atoms with Crippen LogP contribution < -0.4 is 15.2 Å². The molecule has 0 spiro atoms. The summed E-state index contributed by atoms with van der Waals surface area (Å²) in [5.41, 5.74) is 7.37. The molecule has 20 heavy (non-hydrogen) atoms. The number of hydrogen-bond donors (Lipinski definition) is 2. The summed E-state index contributed by atoms with van der Waals surface area (Å²) >= 11 is 0. The maximum absolute atomic E-state index is 9.00. The van der Waals surface area contributed by atoms with Gasteiger partial charge >= 0.3 is 0 Å². The number of rotatable bonds is 6. The lowest BCUT2D eigenvalue weighted by Gasteiger charge is -2.13. The summed E-state index contributed by atoms with van der Waals surface area (Å²) in [5, 5.41) is 9.00. The Morgan fingerprint density at radius 3 is 2.40 bits per heavy atom. The zero-order valence-corrected chi connectivity index (χ0v) is 11.5. The van der Waals surface area contributed by atoms with Crippen LogP contribution in [0.25, 0.3) is 0 Å². The Hall–Kier alpha value is -2.20. The van der Waals surface area contributed by atoms with Crippen molar-refractivity contribution in [1.82, 2.24) is 0 Å². The van der Waals surface area contributed by atoms with Crippen LogP contribution in [-0.2, 0) is 6.61 Å². The molecule has 0 amide bonds. The Labute approximate surface area is 118 Å². The van der Waals surface area contributed by atoms with Gasteiger partial charge in [-0.05, 0) is 36.2 Å². The van der Waals surface area contributed by atoms with Gasteiger partial charge in [-0.3, -0.25) is 0 Å². The van der Waals surface area contributed by atoms with Crippen molar-refractivity contribution >= 4 is 5.69 Å². The van der Waals surface area contributed by atoms with Gasteiger partial charge in [0.1, 0.15) is 17.2 Å². The smallest absolute Gasteiger partial charge is 0.154 e. The molecule has 0 aliphatic carbocycles. The van der Waals surface area contributed by atoms with Gasteiger partial charge in [-0.2, -0.15) is 0 Å². The molecule has 2 rings (SSSR count). The number of aliphatic hydroxyl groups excluding tert-OH is 1. The van der Waals surface area contributed by atoms with E-state index < -0.39 is 0 Å². The average Bonchev–Trinajstić information content (AvgIpc) is 2.49. The van der Waals surface area contributed by atoms with E-state index in [9.17, 15) is 0 Å². The highest BCUT2D eigenvalue weighted by Gasteiger charge is 2.08. The van der Waals surface area contributed by atoms with Crippen LogP contribution in [0.4, 0.5) is 5.69 Å². The lowest BCUT2D eigenvalue weighted by Crippen LogP contribution is -2.00. The molecule has 0 atom stereocenters. The molecular formula is C16H19NO3. The van der Waals surface area contributed by atoms with Gasteiger partial charge < -0.3 is 20.3 Å². The van der Waals surface area contributed by atoms with E-state index in [-0.39, 0.29) is 6.61 Å². The number of nitrogen functional groups attached to an aromatic ring is 1. The van der Waals surface area contributed by atoms with Crippen molar-refractivity contribution in [2.45, 2.75) is 20.0 Å². The molecule has 0 fully saturated rings. The van der Waals surface area contributed by atoms with Crippen LogP contribution in [0.2, 0.25) is 0 Å². The molecule has 3 N–H and O–H groups in total. The number of para-hydroxylation sites is 1. The average molecular weight is 273 g/mol. The van der Waals surface area contributed by atoms with Gasteiger partial charge in [0.25, 0.3) is 0 Å². The highest BCUT2D eigenvalue weighted by Crippen LogP contribution is 2.34. The minimum atomic E-state index is 0.0166. The first kappa shape index (κ1) is 14.2. The molecule has 2 aromatic carbocycles. The van der Waals surface area contributed by atoms with Crippen LogP contribution in [0.3, 0.4) is 0 Å². The molecule has 0 heterocycles. The van der Waals surface area contributed by atoms with Crippen molar-refractivity contribution in [3.63, 3.8) is 0 Å². The van der Waals surface area contributed by atoms with Gasteiger partial charge in [-0.1, -0.05) is 25.1 Å². The topological polar surface area (TPSA) is 64.7 Å². The van der Waals surface area contributed by atoms with Gasteiger partial charge in [-0.15, -0.1) is 0 Å². The van der Waals surface area contributed by atoms with Crippen LogP contribution in [-0.4, -0.2) is 11.7 Å². The molecule has 2 aromatic rings. The van der Waals surface area contributed by atoms with Gasteiger partial charge in [0, 0.05) is 0 Å². The van der Waals surface area contributed by atoms with Crippen molar-refractivity contribution in [1.29, 1.82) is 0 Å². The van der Waals surface area contributed by atoms with E-state index in [2.05, 4.69) is 0 Å². The van der Waals surface area contributed by atoms with E-state index in [0.717, 1.165) is 12.0 Å². The predicted octanol–water partition coefficient (Wildman–Crippen LogP) is 3.34. The highest BCUT2D eigenvalue weighted by atomic mass is 16.5. The summed E-state index contributed by atoms with van der Waals surface area (Å²) in [6.07, 6.45) is 0.924. The van der Waals surface area contributed by atoms with Gasteiger partial charge in [0.2, 0.25) is 0 Å². The van der Waals surface area contributed by atoms with Crippen molar-refractivity contribution in [2.75, 3.05) is 12.3 Å². The Balaban J connectivity index is 2.15. The number of hydrogen-bond acceptors (Lipinski definition) is 4. The van der Waals surface area contributed by atoms with Gasteiger partial charge in [0.15, 0.2) is 5.75 Å². The van der Waals surface area contributed by atoms with Crippen LogP contribution in [0.5, 0.6) is 17.2 Å². The number of benzene rings is 2. The largest absolute Gasteiger partial charge is 0.491 e. The molecule has 0 radical (unpaired) electrons. The van der Waals surface area contributed by atoms with E-state index in [1.54, 1.807) is 18.2 Å².